The topological polar surface area (TPSA) is 68.1 Å². The van der Waals surface area contributed by atoms with Gasteiger partial charge in [0.25, 0.3) is 11.1 Å². The minimum absolute atomic E-state index is 0.00658. The van der Waals surface area contributed by atoms with Crippen LogP contribution >= 0.6 is 34.7 Å². The molecule has 12 heteroatoms. The van der Waals surface area contributed by atoms with Crippen LogP contribution < -0.4 is 0 Å². The molecule has 0 saturated carbocycles. The van der Waals surface area contributed by atoms with Crippen LogP contribution in [-0.4, -0.2) is 30.8 Å². The second kappa shape index (κ2) is 9.14. The summed E-state index contributed by atoms with van der Waals surface area (Å²) in [4.78, 5) is 30.6. The Labute approximate surface area is 210 Å². The van der Waals surface area contributed by atoms with Crippen molar-refractivity contribution >= 4 is 62.8 Å². The number of fused-ring (bicyclic) bond motifs is 1. The molecule has 0 atom stereocenters. The predicted octanol–water partition coefficient (Wildman–Crippen LogP) is 6.45. The van der Waals surface area contributed by atoms with Crippen LogP contribution in [0.2, 0.25) is 5.02 Å². The fourth-order valence-corrected chi connectivity index (χ4v) is 5.30. The summed E-state index contributed by atoms with van der Waals surface area (Å²) in [6, 6.07) is 8.87. The van der Waals surface area contributed by atoms with Gasteiger partial charge in [0.1, 0.15) is 5.01 Å². The monoisotopic (exact) mass is 534 g/mol. The molecule has 1 fully saturated rings. The molecule has 1 aliphatic heterocycles. The molecular weight excluding hydrogens is 521 g/mol. The molecule has 5 rings (SSSR count). The first-order valence-electron chi connectivity index (χ1n) is 10.1. The number of hydrogen-bond acceptors (Lipinski definition) is 6. The van der Waals surface area contributed by atoms with Crippen LogP contribution in [0.5, 0.6) is 0 Å². The number of alkyl halides is 3. The Hall–Kier alpha value is -3.15. The lowest BCUT2D eigenvalue weighted by atomic mass is 10.1. The molecule has 0 spiro atoms. The largest absolute Gasteiger partial charge is 0.416 e. The molecule has 3 heterocycles. The van der Waals surface area contributed by atoms with Crippen molar-refractivity contribution in [1.82, 2.24) is 19.7 Å². The number of imide groups is 1. The number of aromatic nitrogens is 3. The molecule has 1 saturated heterocycles. The number of thiazole rings is 1. The van der Waals surface area contributed by atoms with Gasteiger partial charge >= 0.3 is 6.18 Å². The van der Waals surface area contributed by atoms with E-state index in [1.807, 2.05) is 0 Å². The summed E-state index contributed by atoms with van der Waals surface area (Å²) >= 11 is 7.99. The lowest BCUT2D eigenvalue weighted by Crippen LogP contribution is -2.27. The van der Waals surface area contributed by atoms with Crippen LogP contribution in [0.15, 0.2) is 59.1 Å². The Balaban J connectivity index is 1.40. The molecule has 2 aromatic heterocycles. The Kier molecular flexibility index (Phi) is 6.16. The van der Waals surface area contributed by atoms with Gasteiger partial charge in [-0.3, -0.25) is 19.2 Å². The van der Waals surface area contributed by atoms with Gasteiger partial charge in [-0.15, -0.1) is 11.3 Å². The summed E-state index contributed by atoms with van der Waals surface area (Å²) in [7, 11) is 0. The number of carbonyl (C=O) groups excluding carboxylic acids is 2. The number of nitrogens with zero attached hydrogens (tertiary/aromatic N) is 4. The molecule has 2 amide bonds. The van der Waals surface area contributed by atoms with Gasteiger partial charge in [0, 0.05) is 22.0 Å². The molecule has 178 valence electrons. The number of rotatable bonds is 5. The van der Waals surface area contributed by atoms with Gasteiger partial charge in [-0.05, 0) is 53.2 Å². The van der Waals surface area contributed by atoms with Crippen molar-refractivity contribution in [3.8, 4) is 0 Å². The number of halogens is 4. The smallest absolute Gasteiger partial charge is 0.268 e. The molecule has 0 bridgehead atoms. The SMILES string of the molecule is O=C1S/C(=C\c2ccc3c(cnn3Cc3ccc(Cl)cc3C(F)(F)F)c2)C(=O)N1Cc1nccs1. The standard InChI is InChI=1S/C23H14ClF3N4O2S2/c24-16-3-2-14(17(9-16)23(25,26)27)11-31-18-4-1-13(7-15(18)10-29-31)8-19-21(32)30(22(33)35-19)12-20-28-5-6-34-20/h1-10H,11-12H2/b19-8-. The quantitative estimate of drug-likeness (QED) is 0.275. The van der Waals surface area contributed by atoms with Gasteiger partial charge in [-0.1, -0.05) is 23.7 Å². The Morgan fingerprint density at radius 3 is 2.66 bits per heavy atom. The van der Waals surface area contributed by atoms with Crippen LogP contribution in [-0.2, 0) is 24.1 Å². The van der Waals surface area contributed by atoms with E-state index in [1.54, 1.807) is 42.0 Å². The zero-order chi connectivity index (χ0) is 24.7. The lowest BCUT2D eigenvalue weighted by molar-refractivity contribution is -0.138. The summed E-state index contributed by atoms with van der Waals surface area (Å²) in [5, 5.41) is 7.01. The molecule has 1 aliphatic rings. The molecule has 35 heavy (non-hydrogen) atoms. The molecule has 4 aromatic rings. The first-order valence-corrected chi connectivity index (χ1v) is 12.2. The van der Waals surface area contributed by atoms with Gasteiger partial charge < -0.3 is 0 Å². The van der Waals surface area contributed by atoms with Crippen molar-refractivity contribution < 1.29 is 22.8 Å². The van der Waals surface area contributed by atoms with E-state index in [4.69, 9.17) is 11.6 Å². The van der Waals surface area contributed by atoms with Crippen LogP contribution in [0.1, 0.15) is 21.7 Å². The molecule has 2 aromatic carbocycles. The maximum absolute atomic E-state index is 13.5. The summed E-state index contributed by atoms with van der Waals surface area (Å²) in [5.74, 6) is -0.395. The summed E-state index contributed by atoms with van der Waals surface area (Å²) in [6.45, 7) is 0.0284. The molecular formula is C23H14ClF3N4O2S2. The summed E-state index contributed by atoms with van der Waals surface area (Å²) in [6.07, 6.45) is 0.231. The Morgan fingerprint density at radius 2 is 1.91 bits per heavy atom. The molecule has 0 unspecified atom stereocenters. The highest BCUT2D eigenvalue weighted by Gasteiger charge is 2.36. The van der Waals surface area contributed by atoms with Gasteiger partial charge in [0.15, 0.2) is 0 Å². The van der Waals surface area contributed by atoms with E-state index in [1.165, 1.54) is 28.2 Å². The van der Waals surface area contributed by atoms with Crippen LogP contribution in [0.4, 0.5) is 18.0 Å². The van der Waals surface area contributed by atoms with Crippen molar-refractivity contribution in [2.75, 3.05) is 0 Å². The predicted molar refractivity (Wildman–Crippen MR) is 129 cm³/mol. The van der Waals surface area contributed by atoms with Crippen molar-refractivity contribution in [3.63, 3.8) is 0 Å². The van der Waals surface area contributed by atoms with E-state index in [9.17, 15) is 22.8 Å². The van der Waals surface area contributed by atoms with E-state index >= 15 is 0 Å². The second-order valence-corrected chi connectivity index (χ2v) is 10.0. The minimum atomic E-state index is -4.54. The van der Waals surface area contributed by atoms with Gasteiger partial charge in [-0.2, -0.15) is 18.3 Å². The number of thioether (sulfide) groups is 1. The highest BCUT2D eigenvalue weighted by molar-refractivity contribution is 8.18. The molecule has 0 aliphatic carbocycles. The summed E-state index contributed by atoms with van der Waals surface area (Å²) in [5.41, 5.74) is 0.532. The average molecular weight is 535 g/mol. The third kappa shape index (κ3) is 4.84. The minimum Gasteiger partial charge on any atom is -0.268 e. The van der Waals surface area contributed by atoms with Gasteiger partial charge in [-0.25, -0.2) is 4.98 Å². The van der Waals surface area contributed by atoms with E-state index in [-0.39, 0.29) is 33.8 Å². The van der Waals surface area contributed by atoms with E-state index in [2.05, 4.69) is 10.1 Å². The zero-order valence-corrected chi connectivity index (χ0v) is 20.0. The molecule has 6 nitrogen and oxygen atoms in total. The summed E-state index contributed by atoms with van der Waals surface area (Å²) < 4.78 is 41.8. The molecule has 0 N–H and O–H groups in total. The lowest BCUT2D eigenvalue weighted by Gasteiger charge is -2.14. The fraction of sp³-hybridized carbons (Fsp3) is 0.130. The highest BCUT2D eigenvalue weighted by atomic mass is 35.5. The zero-order valence-electron chi connectivity index (χ0n) is 17.6. The van der Waals surface area contributed by atoms with Crippen molar-refractivity contribution in [2.45, 2.75) is 19.3 Å². The van der Waals surface area contributed by atoms with Crippen LogP contribution in [0.25, 0.3) is 17.0 Å². The first kappa shape index (κ1) is 23.6. The number of amides is 2. The third-order valence-electron chi connectivity index (χ3n) is 5.31. The van der Waals surface area contributed by atoms with Crippen molar-refractivity contribution in [1.29, 1.82) is 0 Å². The fourth-order valence-electron chi connectivity index (χ4n) is 3.69. The number of hydrogen-bond donors (Lipinski definition) is 0. The Morgan fingerprint density at radius 1 is 1.09 bits per heavy atom. The normalized spacial score (nSPS) is 15.7. The Bertz CT molecular complexity index is 1480. The average Bonchev–Trinajstić information content (AvgIpc) is 3.52. The highest BCUT2D eigenvalue weighted by Crippen LogP contribution is 2.35. The van der Waals surface area contributed by atoms with Crippen molar-refractivity contribution in [3.05, 3.63) is 85.8 Å². The van der Waals surface area contributed by atoms with E-state index in [0.717, 1.165) is 22.7 Å². The maximum Gasteiger partial charge on any atom is 0.416 e. The van der Waals surface area contributed by atoms with Gasteiger partial charge in [0.05, 0.1) is 35.3 Å². The molecule has 0 radical (unpaired) electrons. The van der Waals surface area contributed by atoms with E-state index in [0.29, 0.717) is 21.5 Å². The van der Waals surface area contributed by atoms with E-state index < -0.39 is 17.6 Å². The van der Waals surface area contributed by atoms with Gasteiger partial charge in [0.2, 0.25) is 0 Å². The third-order valence-corrected chi connectivity index (χ3v) is 7.22. The van der Waals surface area contributed by atoms with Crippen LogP contribution in [0, 0.1) is 0 Å². The first-order chi connectivity index (χ1) is 16.7. The van der Waals surface area contributed by atoms with Crippen LogP contribution in [0.3, 0.4) is 0 Å². The second-order valence-electron chi connectivity index (χ2n) is 7.61. The van der Waals surface area contributed by atoms with Crippen molar-refractivity contribution in [2.24, 2.45) is 0 Å². The number of benzene rings is 2. The maximum atomic E-state index is 13.5. The number of carbonyl (C=O) groups is 2.